The lowest BCUT2D eigenvalue weighted by Crippen LogP contribution is -2.45. The lowest BCUT2D eigenvalue weighted by Gasteiger charge is -2.22. The molecule has 0 unspecified atom stereocenters. The molecule has 2 heterocycles. The Balaban J connectivity index is 1.90. The fourth-order valence-electron chi connectivity index (χ4n) is 4.26. The molecule has 4 aromatic rings. The number of rotatable bonds is 7. The molecule has 0 N–H and O–H groups in total. The number of carbonyl (C=O) groups excluding carboxylic acids is 1. The van der Waals surface area contributed by atoms with Gasteiger partial charge in [-0.05, 0) is 50.1 Å². The third-order valence-electron chi connectivity index (χ3n) is 5.99. The van der Waals surface area contributed by atoms with Gasteiger partial charge in [0.1, 0.15) is 12.3 Å². The molecule has 0 aliphatic rings. The molecule has 0 fully saturated rings. The van der Waals surface area contributed by atoms with E-state index in [1.165, 1.54) is 11.7 Å². The van der Waals surface area contributed by atoms with E-state index in [1.54, 1.807) is 49.1 Å². The number of hydrogen-bond donors (Lipinski definition) is 0. The second kappa shape index (κ2) is 9.97. The molecule has 0 aliphatic carbocycles. The van der Waals surface area contributed by atoms with Gasteiger partial charge in [-0.3, -0.25) is 9.59 Å². The third-order valence-corrected chi connectivity index (χ3v) is 5.99. The summed E-state index contributed by atoms with van der Waals surface area (Å²) in [5, 5.41) is 0.292. The van der Waals surface area contributed by atoms with Crippen LogP contribution < -0.4 is 16.0 Å². The fourth-order valence-corrected chi connectivity index (χ4v) is 4.26. The summed E-state index contributed by atoms with van der Waals surface area (Å²) >= 11 is 0. The summed E-state index contributed by atoms with van der Waals surface area (Å²) in [6.45, 7) is 5.93. The first kappa shape index (κ1) is 23.9. The van der Waals surface area contributed by atoms with Gasteiger partial charge in [0, 0.05) is 18.8 Å². The molecule has 4 rings (SSSR count). The zero-order chi connectivity index (χ0) is 25.1. The Morgan fingerprint density at radius 3 is 2.40 bits per heavy atom. The van der Waals surface area contributed by atoms with E-state index >= 15 is 0 Å². The van der Waals surface area contributed by atoms with Crippen LogP contribution in [0.2, 0.25) is 0 Å². The minimum atomic E-state index is -0.645. The number of methoxy groups -OCH3 is 1. The number of amides is 1. The predicted octanol–water partition coefficient (Wildman–Crippen LogP) is 3.22. The monoisotopic (exact) mass is 472 g/mol. The number of pyridine rings is 1. The van der Waals surface area contributed by atoms with E-state index in [-0.39, 0.29) is 18.1 Å². The van der Waals surface area contributed by atoms with Crippen LogP contribution in [-0.2, 0) is 17.9 Å². The summed E-state index contributed by atoms with van der Waals surface area (Å²) < 4.78 is 7.84. The molecule has 180 valence electrons. The van der Waals surface area contributed by atoms with Gasteiger partial charge in [0.2, 0.25) is 5.91 Å². The van der Waals surface area contributed by atoms with Crippen LogP contribution in [0.25, 0.3) is 16.7 Å². The Labute approximate surface area is 203 Å². The molecule has 8 nitrogen and oxygen atoms in total. The number of benzene rings is 2. The number of fused-ring (bicyclic) bond motifs is 1. The van der Waals surface area contributed by atoms with Gasteiger partial charge < -0.3 is 9.64 Å². The molecular formula is C27H28N4O4. The zero-order valence-electron chi connectivity index (χ0n) is 20.3. The Kier molecular flexibility index (Phi) is 6.82. The van der Waals surface area contributed by atoms with Crippen LogP contribution in [0, 0.1) is 13.8 Å². The smallest absolute Gasteiger partial charge is 0.337 e. The van der Waals surface area contributed by atoms with E-state index in [9.17, 15) is 14.4 Å². The highest BCUT2D eigenvalue weighted by atomic mass is 16.5. The molecule has 0 spiro atoms. The van der Waals surface area contributed by atoms with E-state index in [0.29, 0.717) is 41.2 Å². The molecule has 0 atom stereocenters. The molecule has 0 saturated heterocycles. The molecule has 1 amide bonds. The highest BCUT2D eigenvalue weighted by Gasteiger charge is 2.22. The van der Waals surface area contributed by atoms with Crippen molar-refractivity contribution in [3.05, 3.63) is 98.3 Å². The summed E-state index contributed by atoms with van der Waals surface area (Å²) in [6, 6.07) is 18.4. The van der Waals surface area contributed by atoms with E-state index in [0.717, 1.165) is 10.1 Å². The number of carbonyl (C=O) groups is 1. The molecule has 0 radical (unpaired) electrons. The number of hydrogen-bond acceptors (Lipinski definition) is 5. The van der Waals surface area contributed by atoms with Gasteiger partial charge in [-0.15, -0.1) is 0 Å². The Morgan fingerprint density at radius 2 is 1.71 bits per heavy atom. The molecule has 0 bridgehead atoms. The average Bonchev–Trinajstić information content (AvgIpc) is 2.85. The number of aromatic nitrogens is 3. The van der Waals surface area contributed by atoms with Crippen LogP contribution in [0.15, 0.2) is 70.3 Å². The normalized spacial score (nSPS) is 11.0. The minimum absolute atomic E-state index is 0.238. The maximum atomic E-state index is 13.8. The number of nitrogens with zero attached hydrogens (tertiary/aromatic N) is 4. The first-order valence-corrected chi connectivity index (χ1v) is 11.4. The van der Waals surface area contributed by atoms with Crippen molar-refractivity contribution in [2.45, 2.75) is 33.9 Å². The second-order valence-corrected chi connectivity index (χ2v) is 8.35. The van der Waals surface area contributed by atoms with Crippen molar-refractivity contribution in [3.63, 3.8) is 0 Å². The number of aryl methyl sites for hydroxylation is 2. The first-order valence-electron chi connectivity index (χ1n) is 11.4. The Morgan fingerprint density at radius 1 is 1.03 bits per heavy atom. The summed E-state index contributed by atoms with van der Waals surface area (Å²) in [4.78, 5) is 46.7. The average molecular weight is 473 g/mol. The molecule has 2 aromatic carbocycles. The van der Waals surface area contributed by atoms with Gasteiger partial charge in [-0.25, -0.2) is 18.9 Å². The maximum Gasteiger partial charge on any atom is 0.337 e. The van der Waals surface area contributed by atoms with E-state index < -0.39 is 11.2 Å². The van der Waals surface area contributed by atoms with Crippen molar-refractivity contribution in [2.75, 3.05) is 13.7 Å². The lowest BCUT2D eigenvalue weighted by atomic mass is 10.1. The lowest BCUT2D eigenvalue weighted by molar-refractivity contribution is -0.132. The van der Waals surface area contributed by atoms with Crippen LogP contribution in [0.1, 0.15) is 23.7 Å². The minimum Gasteiger partial charge on any atom is -0.495 e. The second-order valence-electron chi connectivity index (χ2n) is 8.35. The summed E-state index contributed by atoms with van der Waals surface area (Å²) in [5.74, 6) is 0.131. The maximum absolute atomic E-state index is 13.8. The van der Waals surface area contributed by atoms with Gasteiger partial charge in [0.25, 0.3) is 5.56 Å². The zero-order valence-corrected chi connectivity index (χ0v) is 20.3. The molecule has 8 heteroatoms. The van der Waals surface area contributed by atoms with Gasteiger partial charge in [0.15, 0.2) is 5.65 Å². The van der Waals surface area contributed by atoms with Crippen LogP contribution in [0.4, 0.5) is 0 Å². The summed E-state index contributed by atoms with van der Waals surface area (Å²) in [5.41, 5.74) is 1.82. The molecule has 0 aliphatic heterocycles. The van der Waals surface area contributed by atoms with Gasteiger partial charge in [-0.1, -0.05) is 42.5 Å². The van der Waals surface area contributed by atoms with Gasteiger partial charge in [0.05, 0.1) is 18.2 Å². The van der Waals surface area contributed by atoms with Crippen molar-refractivity contribution >= 4 is 16.9 Å². The highest BCUT2D eigenvalue weighted by molar-refractivity contribution is 5.81. The van der Waals surface area contributed by atoms with Gasteiger partial charge >= 0.3 is 5.69 Å². The van der Waals surface area contributed by atoms with Crippen molar-refractivity contribution in [3.8, 4) is 11.4 Å². The van der Waals surface area contributed by atoms with Crippen LogP contribution >= 0.6 is 0 Å². The topological polar surface area (TPSA) is 86.4 Å². The van der Waals surface area contributed by atoms with E-state index in [1.807, 2.05) is 37.3 Å². The Hall–Kier alpha value is -4.20. The van der Waals surface area contributed by atoms with Crippen LogP contribution in [-0.4, -0.2) is 38.6 Å². The first-order chi connectivity index (χ1) is 16.8. The highest BCUT2D eigenvalue weighted by Crippen LogP contribution is 2.24. The Bertz CT molecular complexity index is 1510. The molecule has 35 heavy (non-hydrogen) atoms. The molecule has 2 aromatic heterocycles. The predicted molar refractivity (Wildman–Crippen MR) is 135 cm³/mol. The van der Waals surface area contributed by atoms with Crippen molar-refractivity contribution < 1.29 is 9.53 Å². The molecular weight excluding hydrogens is 444 g/mol. The SMILES string of the molecule is CCN(Cc1ccccc1)C(=O)Cn1c(=O)c2c(C)cc(C)nc2n(-c2ccccc2OC)c1=O. The van der Waals surface area contributed by atoms with E-state index in [2.05, 4.69) is 4.98 Å². The van der Waals surface area contributed by atoms with E-state index in [4.69, 9.17) is 4.74 Å². The van der Waals surface area contributed by atoms with Crippen molar-refractivity contribution in [1.82, 2.24) is 19.0 Å². The summed E-state index contributed by atoms with van der Waals surface area (Å²) in [6.07, 6.45) is 0. The van der Waals surface area contributed by atoms with Crippen molar-refractivity contribution in [1.29, 1.82) is 0 Å². The largest absolute Gasteiger partial charge is 0.495 e. The van der Waals surface area contributed by atoms with Gasteiger partial charge in [-0.2, -0.15) is 0 Å². The quantitative estimate of drug-likeness (QED) is 0.412. The van der Waals surface area contributed by atoms with Crippen LogP contribution in [0.5, 0.6) is 5.75 Å². The number of likely N-dealkylation sites (N-methyl/N-ethyl adjacent to an activating group) is 1. The standard InChI is InChI=1S/C27H28N4O4/c1-5-29(16-20-11-7-6-8-12-20)23(32)17-30-26(33)24-18(2)15-19(3)28-25(24)31(27(30)34)21-13-9-10-14-22(21)35-4/h6-15H,5,16-17H2,1-4H3. The fraction of sp³-hybridized carbons (Fsp3) is 0.259. The summed E-state index contributed by atoms with van der Waals surface area (Å²) in [7, 11) is 1.51. The number of para-hydroxylation sites is 2. The third kappa shape index (κ3) is 4.59. The van der Waals surface area contributed by atoms with Crippen LogP contribution in [0.3, 0.4) is 0 Å². The van der Waals surface area contributed by atoms with Crippen molar-refractivity contribution in [2.24, 2.45) is 0 Å². The molecule has 0 saturated carbocycles. The number of ether oxygens (including phenoxy) is 1.